The summed E-state index contributed by atoms with van der Waals surface area (Å²) in [6.07, 6.45) is -8.15. The third-order valence-electron chi connectivity index (χ3n) is 9.85. The number of rotatable bonds is 13. The molecule has 1 N–H and O–H groups in total. The van der Waals surface area contributed by atoms with E-state index >= 15 is 0 Å². The van der Waals surface area contributed by atoms with Crippen LogP contribution in [0.1, 0.15) is 47.8 Å². The highest BCUT2D eigenvalue weighted by atomic mass is 35.6. The first-order valence-corrected chi connectivity index (χ1v) is 20.2. The number of hydrogen-bond acceptors (Lipinski definition) is 10. The number of alkyl halides is 3. The molecule has 13 heteroatoms. The summed E-state index contributed by atoms with van der Waals surface area (Å²) in [5.74, 6) is -3.47. The lowest BCUT2D eigenvalue weighted by Crippen LogP contribution is -2.63. The van der Waals surface area contributed by atoms with Crippen molar-refractivity contribution in [1.82, 2.24) is 0 Å². The van der Waals surface area contributed by atoms with Crippen molar-refractivity contribution in [3.05, 3.63) is 215 Å². The van der Waals surface area contributed by atoms with Gasteiger partial charge in [-0.2, -0.15) is 0 Å². The third kappa shape index (κ3) is 10.1. The maximum atomic E-state index is 14.1. The molecule has 10 nitrogen and oxygen atoms in total. The van der Waals surface area contributed by atoms with Crippen molar-refractivity contribution in [3.8, 4) is 0 Å². The molecule has 0 bridgehead atoms. The maximum Gasteiger partial charge on any atom is 0.338 e. The van der Waals surface area contributed by atoms with Crippen molar-refractivity contribution in [1.29, 1.82) is 5.41 Å². The summed E-state index contributed by atoms with van der Waals surface area (Å²) in [7, 11) is 0. The van der Waals surface area contributed by atoms with Crippen LogP contribution in [0.15, 0.2) is 182 Å². The van der Waals surface area contributed by atoms with Crippen LogP contribution in [0.25, 0.3) is 0 Å². The molecule has 0 radical (unpaired) electrons. The summed E-state index contributed by atoms with van der Waals surface area (Å²) in [6, 6.07) is 52.7. The van der Waals surface area contributed by atoms with Crippen molar-refractivity contribution in [3.63, 3.8) is 0 Å². The molecule has 0 unspecified atom stereocenters. The first-order chi connectivity index (χ1) is 29.5. The Morgan fingerprint density at radius 3 is 1.16 bits per heavy atom. The van der Waals surface area contributed by atoms with Crippen LogP contribution in [0.4, 0.5) is 0 Å². The zero-order valence-corrected chi connectivity index (χ0v) is 34.5. The van der Waals surface area contributed by atoms with Gasteiger partial charge in [-0.1, -0.05) is 180 Å². The van der Waals surface area contributed by atoms with Crippen LogP contribution in [0.5, 0.6) is 0 Å². The minimum absolute atomic E-state index is 0.118. The molecule has 1 heterocycles. The number of esters is 3. The van der Waals surface area contributed by atoms with Crippen LogP contribution >= 0.6 is 34.8 Å². The molecule has 1 fully saturated rings. The van der Waals surface area contributed by atoms with Crippen molar-refractivity contribution in [2.75, 3.05) is 6.61 Å². The highest BCUT2D eigenvalue weighted by Crippen LogP contribution is 2.42. The molecular formula is C48H38Cl3NO9. The lowest BCUT2D eigenvalue weighted by molar-refractivity contribution is -0.285. The van der Waals surface area contributed by atoms with E-state index in [1.54, 1.807) is 66.7 Å². The number of benzene rings is 6. The highest BCUT2D eigenvalue weighted by Gasteiger charge is 2.55. The topological polar surface area (TPSA) is 130 Å². The first kappa shape index (κ1) is 43.1. The van der Waals surface area contributed by atoms with Gasteiger partial charge in [0, 0.05) is 0 Å². The molecule has 6 aromatic rings. The average Bonchev–Trinajstić information content (AvgIpc) is 3.30. The van der Waals surface area contributed by atoms with Crippen molar-refractivity contribution in [2.45, 2.75) is 40.1 Å². The maximum absolute atomic E-state index is 14.1. The summed E-state index contributed by atoms with van der Waals surface area (Å²) in [4.78, 5) is 42.0. The zero-order valence-electron chi connectivity index (χ0n) is 32.2. The van der Waals surface area contributed by atoms with Crippen molar-refractivity contribution < 1.29 is 42.8 Å². The van der Waals surface area contributed by atoms with Gasteiger partial charge in [-0.05, 0) is 53.1 Å². The van der Waals surface area contributed by atoms with E-state index in [0.29, 0.717) is 0 Å². The molecule has 0 aromatic heterocycles. The fourth-order valence-corrected chi connectivity index (χ4v) is 7.10. The second kappa shape index (κ2) is 19.6. The summed E-state index contributed by atoms with van der Waals surface area (Å²) in [5, 5.41) is 8.57. The monoisotopic (exact) mass is 877 g/mol. The first-order valence-electron chi connectivity index (χ1n) is 19.1. The number of hydrogen-bond donors (Lipinski definition) is 1. The Labute approximate surface area is 367 Å². The van der Waals surface area contributed by atoms with Gasteiger partial charge in [-0.15, -0.1) is 0 Å². The van der Waals surface area contributed by atoms with Crippen LogP contribution in [0, 0.1) is 5.41 Å². The van der Waals surface area contributed by atoms with E-state index in [4.69, 9.17) is 68.6 Å². The smallest absolute Gasteiger partial charge is 0.338 e. The van der Waals surface area contributed by atoms with Gasteiger partial charge >= 0.3 is 17.9 Å². The highest BCUT2D eigenvalue weighted by molar-refractivity contribution is 6.76. The minimum atomic E-state index is -2.40. The second-order valence-electron chi connectivity index (χ2n) is 13.8. The minimum Gasteiger partial charge on any atom is -0.452 e. The lowest BCUT2D eigenvalue weighted by atomic mass is 9.80. The quantitative estimate of drug-likeness (QED) is 0.0301. The molecule has 0 amide bonds. The SMILES string of the molecule is N=C(O[C@H]1O[C@H](COC(c2ccccc2)(c2ccccc2)c2ccccc2)[C@@H](OC(=O)c2ccccc2)[C@H](OC(=O)c2ccccc2)[C@H]1OC(=O)c1ccccc1)C(Cl)(Cl)Cl. The summed E-state index contributed by atoms with van der Waals surface area (Å²) < 4.78 is 35.7. The van der Waals surface area contributed by atoms with Gasteiger partial charge in [0.25, 0.3) is 3.79 Å². The Morgan fingerprint density at radius 2 is 0.803 bits per heavy atom. The Bertz CT molecular complexity index is 2290. The van der Waals surface area contributed by atoms with Crippen LogP contribution in [-0.2, 0) is 34.0 Å². The molecule has 1 aliphatic heterocycles. The molecule has 7 rings (SSSR count). The van der Waals surface area contributed by atoms with Gasteiger partial charge in [0.05, 0.1) is 23.3 Å². The number of nitrogens with one attached hydrogen (secondary N) is 1. The van der Waals surface area contributed by atoms with E-state index in [0.717, 1.165) is 16.7 Å². The Balaban J connectivity index is 1.38. The van der Waals surface area contributed by atoms with Gasteiger partial charge in [0.15, 0.2) is 12.2 Å². The van der Waals surface area contributed by atoms with E-state index in [2.05, 4.69) is 0 Å². The van der Waals surface area contributed by atoms with E-state index in [9.17, 15) is 14.4 Å². The van der Waals surface area contributed by atoms with Gasteiger partial charge < -0.3 is 28.4 Å². The summed E-state index contributed by atoms with van der Waals surface area (Å²) in [6.45, 7) is -0.384. The standard InChI is InChI=1S/C48H38Cl3NO9/c49-48(50,51)46(52)61-45-41(60-44(55)34-23-11-3-12-24-34)40(59-43(54)33-21-9-2-10-22-33)39(58-42(53)32-19-7-1-8-20-32)38(57-45)31-56-47(35-25-13-4-14-26-35,36-27-15-5-16-28-36)37-29-17-6-18-30-37/h1-30,38-41,45,52H,31H2/t38-,39-,40+,41-,45-/m1/s1. The Hall–Kier alpha value is -6.01. The van der Waals surface area contributed by atoms with Crippen LogP contribution in [-0.4, -0.2) is 64.9 Å². The number of carbonyl (C=O) groups excluding carboxylic acids is 3. The predicted octanol–water partition coefficient (Wildman–Crippen LogP) is 9.76. The number of ether oxygens (including phenoxy) is 6. The zero-order chi connectivity index (χ0) is 42.8. The molecule has 1 aliphatic rings. The van der Waals surface area contributed by atoms with E-state index in [1.165, 1.54) is 24.3 Å². The van der Waals surface area contributed by atoms with E-state index < -0.39 is 63.9 Å². The molecule has 6 aromatic carbocycles. The second-order valence-corrected chi connectivity index (χ2v) is 16.1. The van der Waals surface area contributed by atoms with Gasteiger partial charge in [-0.25, -0.2) is 14.4 Å². The molecule has 0 saturated carbocycles. The van der Waals surface area contributed by atoms with Crippen LogP contribution in [0.3, 0.4) is 0 Å². The fraction of sp³-hybridized carbons (Fsp3) is 0.167. The van der Waals surface area contributed by atoms with Gasteiger partial charge in [0.1, 0.15) is 11.7 Å². The largest absolute Gasteiger partial charge is 0.452 e. The summed E-state index contributed by atoms with van der Waals surface area (Å²) >= 11 is 18.4. The van der Waals surface area contributed by atoms with E-state index in [-0.39, 0.29) is 23.3 Å². The van der Waals surface area contributed by atoms with E-state index in [1.807, 2.05) is 91.0 Å². The summed E-state index contributed by atoms with van der Waals surface area (Å²) in [5.41, 5.74) is 1.33. The molecule has 0 spiro atoms. The lowest BCUT2D eigenvalue weighted by Gasteiger charge is -2.45. The molecule has 61 heavy (non-hydrogen) atoms. The fourth-order valence-electron chi connectivity index (χ4n) is 6.97. The Kier molecular flexibility index (Phi) is 13.8. The number of carbonyl (C=O) groups is 3. The van der Waals surface area contributed by atoms with Crippen molar-refractivity contribution in [2.24, 2.45) is 0 Å². The Morgan fingerprint density at radius 1 is 0.475 bits per heavy atom. The molecule has 0 aliphatic carbocycles. The number of halogens is 3. The normalized spacial score (nSPS) is 18.9. The van der Waals surface area contributed by atoms with Gasteiger partial charge in [0.2, 0.25) is 18.3 Å². The van der Waals surface area contributed by atoms with Crippen LogP contribution < -0.4 is 0 Å². The molecule has 1 saturated heterocycles. The molecule has 310 valence electrons. The third-order valence-corrected chi connectivity index (χ3v) is 10.4. The molecular weight excluding hydrogens is 841 g/mol. The van der Waals surface area contributed by atoms with Crippen LogP contribution in [0.2, 0.25) is 0 Å². The van der Waals surface area contributed by atoms with Crippen molar-refractivity contribution >= 4 is 58.6 Å². The predicted molar refractivity (Wildman–Crippen MR) is 230 cm³/mol. The van der Waals surface area contributed by atoms with Gasteiger partial charge in [-0.3, -0.25) is 5.41 Å². The molecule has 5 atom stereocenters. The average molecular weight is 879 g/mol.